The number of hydrogen-bond acceptors (Lipinski definition) is 7. The van der Waals surface area contributed by atoms with Crippen molar-refractivity contribution in [2.75, 3.05) is 0 Å². The van der Waals surface area contributed by atoms with Crippen molar-refractivity contribution in [3.8, 4) is 23.0 Å². The topological polar surface area (TPSA) is 106 Å². The standard InChI is InChI=1S/C17H17N7O/c1-2-4-14(25)20-11-12-5-7-13(8-6-12)15-21-23-17(24-22-15)16-18-9-3-10-19-16/h3,5-10H,2,4,11H2,1H3,(H,20,25). The highest BCUT2D eigenvalue weighted by Gasteiger charge is 2.08. The Balaban J connectivity index is 1.67. The zero-order valence-corrected chi connectivity index (χ0v) is 13.8. The maximum atomic E-state index is 11.5. The summed E-state index contributed by atoms with van der Waals surface area (Å²) < 4.78 is 0. The van der Waals surface area contributed by atoms with Gasteiger partial charge in [0.05, 0.1) is 0 Å². The zero-order chi connectivity index (χ0) is 17.5. The summed E-state index contributed by atoms with van der Waals surface area (Å²) in [6, 6.07) is 9.29. The molecule has 3 rings (SSSR count). The normalized spacial score (nSPS) is 10.4. The molecule has 8 heteroatoms. The van der Waals surface area contributed by atoms with Crippen molar-refractivity contribution < 1.29 is 4.79 Å². The molecule has 126 valence electrons. The van der Waals surface area contributed by atoms with Crippen LogP contribution in [0, 0.1) is 0 Å². The lowest BCUT2D eigenvalue weighted by Crippen LogP contribution is -2.21. The highest BCUT2D eigenvalue weighted by molar-refractivity contribution is 5.75. The number of rotatable bonds is 6. The van der Waals surface area contributed by atoms with Crippen LogP contribution in [0.15, 0.2) is 42.7 Å². The van der Waals surface area contributed by atoms with Gasteiger partial charge in [-0.25, -0.2) is 9.97 Å². The summed E-state index contributed by atoms with van der Waals surface area (Å²) in [6.45, 7) is 2.48. The van der Waals surface area contributed by atoms with Crippen LogP contribution in [-0.4, -0.2) is 36.3 Å². The van der Waals surface area contributed by atoms with E-state index >= 15 is 0 Å². The van der Waals surface area contributed by atoms with Crippen molar-refractivity contribution in [1.82, 2.24) is 35.7 Å². The van der Waals surface area contributed by atoms with Crippen molar-refractivity contribution in [1.29, 1.82) is 0 Å². The number of nitrogens with zero attached hydrogens (tertiary/aromatic N) is 6. The lowest BCUT2D eigenvalue weighted by atomic mass is 10.1. The van der Waals surface area contributed by atoms with Crippen molar-refractivity contribution in [3.63, 3.8) is 0 Å². The average molecular weight is 335 g/mol. The molecule has 8 nitrogen and oxygen atoms in total. The molecule has 0 aliphatic heterocycles. The molecule has 0 radical (unpaired) electrons. The Kier molecular flexibility index (Phi) is 5.30. The molecule has 0 fully saturated rings. The maximum Gasteiger partial charge on any atom is 0.240 e. The van der Waals surface area contributed by atoms with E-state index in [-0.39, 0.29) is 11.7 Å². The van der Waals surface area contributed by atoms with Gasteiger partial charge in [-0.3, -0.25) is 4.79 Å². The largest absolute Gasteiger partial charge is 0.352 e. The minimum atomic E-state index is 0.0574. The second-order valence-corrected chi connectivity index (χ2v) is 5.34. The smallest absolute Gasteiger partial charge is 0.240 e. The van der Waals surface area contributed by atoms with Crippen LogP contribution in [0.3, 0.4) is 0 Å². The highest BCUT2D eigenvalue weighted by atomic mass is 16.1. The Hall–Kier alpha value is -3.29. The molecule has 2 aromatic heterocycles. The van der Waals surface area contributed by atoms with Crippen LogP contribution >= 0.6 is 0 Å². The Morgan fingerprint density at radius 1 is 0.920 bits per heavy atom. The number of carbonyl (C=O) groups excluding carboxylic acids is 1. The van der Waals surface area contributed by atoms with Crippen LogP contribution in [0.5, 0.6) is 0 Å². The van der Waals surface area contributed by atoms with Crippen molar-refractivity contribution in [2.24, 2.45) is 0 Å². The second-order valence-electron chi connectivity index (χ2n) is 5.34. The number of nitrogens with one attached hydrogen (secondary N) is 1. The first-order chi connectivity index (χ1) is 12.3. The van der Waals surface area contributed by atoms with Gasteiger partial charge in [-0.2, -0.15) is 0 Å². The molecule has 25 heavy (non-hydrogen) atoms. The van der Waals surface area contributed by atoms with Gasteiger partial charge >= 0.3 is 0 Å². The average Bonchev–Trinajstić information content (AvgIpc) is 2.68. The zero-order valence-electron chi connectivity index (χ0n) is 13.8. The Morgan fingerprint density at radius 2 is 1.56 bits per heavy atom. The molecular weight excluding hydrogens is 318 g/mol. The maximum absolute atomic E-state index is 11.5. The van der Waals surface area contributed by atoms with E-state index in [2.05, 4.69) is 35.7 Å². The van der Waals surface area contributed by atoms with E-state index in [9.17, 15) is 4.79 Å². The van der Waals surface area contributed by atoms with Crippen molar-refractivity contribution in [3.05, 3.63) is 48.3 Å². The van der Waals surface area contributed by atoms with Crippen LogP contribution in [0.2, 0.25) is 0 Å². The fraction of sp³-hybridized carbons (Fsp3) is 0.235. The number of carbonyl (C=O) groups is 1. The SMILES string of the molecule is CCCC(=O)NCc1ccc(-c2nnc(-c3ncccn3)nn2)cc1. The number of hydrogen-bond donors (Lipinski definition) is 1. The molecule has 1 aromatic carbocycles. The third-order valence-corrected chi connectivity index (χ3v) is 3.42. The van der Waals surface area contributed by atoms with Gasteiger partial charge in [0.25, 0.3) is 0 Å². The van der Waals surface area contributed by atoms with E-state index in [1.165, 1.54) is 0 Å². The molecule has 0 unspecified atom stereocenters. The minimum Gasteiger partial charge on any atom is -0.352 e. The Morgan fingerprint density at radius 3 is 2.20 bits per heavy atom. The van der Waals surface area contributed by atoms with Gasteiger partial charge < -0.3 is 5.32 Å². The quantitative estimate of drug-likeness (QED) is 0.732. The van der Waals surface area contributed by atoms with Crippen molar-refractivity contribution >= 4 is 5.91 Å². The molecule has 0 bridgehead atoms. The molecular formula is C17H17N7O. The molecule has 2 heterocycles. The Bertz CT molecular complexity index is 820. The van der Waals surface area contributed by atoms with E-state index in [1.807, 2.05) is 31.2 Å². The molecule has 0 saturated carbocycles. The van der Waals surface area contributed by atoms with Crippen molar-refractivity contribution in [2.45, 2.75) is 26.3 Å². The molecule has 0 aliphatic rings. The summed E-state index contributed by atoms with van der Waals surface area (Å²) >= 11 is 0. The van der Waals surface area contributed by atoms with Gasteiger partial charge in [0.15, 0.2) is 0 Å². The van der Waals surface area contributed by atoms with Crippen LogP contribution in [-0.2, 0) is 11.3 Å². The van der Waals surface area contributed by atoms with E-state index in [4.69, 9.17) is 0 Å². The number of aromatic nitrogens is 6. The lowest BCUT2D eigenvalue weighted by molar-refractivity contribution is -0.121. The van der Waals surface area contributed by atoms with E-state index in [1.54, 1.807) is 18.5 Å². The number of amides is 1. The van der Waals surface area contributed by atoms with Crippen LogP contribution in [0.4, 0.5) is 0 Å². The van der Waals surface area contributed by atoms with Gasteiger partial charge in [-0.05, 0) is 18.1 Å². The van der Waals surface area contributed by atoms with Crippen LogP contribution in [0.25, 0.3) is 23.0 Å². The fourth-order valence-corrected chi connectivity index (χ4v) is 2.14. The predicted molar refractivity (Wildman–Crippen MR) is 90.8 cm³/mol. The second kappa shape index (κ2) is 8.00. The first kappa shape index (κ1) is 16.6. The molecule has 0 spiro atoms. The monoisotopic (exact) mass is 335 g/mol. The summed E-state index contributed by atoms with van der Waals surface area (Å²) in [4.78, 5) is 19.6. The molecule has 1 N–H and O–H groups in total. The first-order valence-electron chi connectivity index (χ1n) is 7.97. The van der Waals surface area contributed by atoms with E-state index in [0.29, 0.717) is 24.6 Å². The van der Waals surface area contributed by atoms with Gasteiger partial charge in [0, 0.05) is 30.9 Å². The summed E-state index contributed by atoms with van der Waals surface area (Å²) in [5.74, 6) is 1.13. The number of benzene rings is 1. The third-order valence-electron chi connectivity index (χ3n) is 3.42. The van der Waals surface area contributed by atoms with Crippen LogP contribution < -0.4 is 5.32 Å². The molecule has 0 saturated heterocycles. The third kappa shape index (κ3) is 4.37. The summed E-state index contributed by atoms with van der Waals surface area (Å²) in [5.41, 5.74) is 1.80. The molecule has 1 amide bonds. The predicted octanol–water partition coefficient (Wildman–Crippen LogP) is 1.81. The summed E-state index contributed by atoms with van der Waals surface area (Å²) in [6.07, 6.45) is 4.60. The van der Waals surface area contributed by atoms with Gasteiger partial charge in [-0.15, -0.1) is 20.4 Å². The Labute approximate surface area is 144 Å². The lowest BCUT2D eigenvalue weighted by Gasteiger charge is -2.05. The van der Waals surface area contributed by atoms with Crippen LogP contribution in [0.1, 0.15) is 25.3 Å². The first-order valence-corrected chi connectivity index (χ1v) is 7.97. The van der Waals surface area contributed by atoms with Gasteiger partial charge in [0.2, 0.25) is 23.4 Å². The molecule has 3 aromatic rings. The highest BCUT2D eigenvalue weighted by Crippen LogP contribution is 2.15. The molecule has 0 aliphatic carbocycles. The minimum absolute atomic E-state index is 0.0574. The fourth-order valence-electron chi connectivity index (χ4n) is 2.14. The molecule has 0 atom stereocenters. The van der Waals surface area contributed by atoms with E-state index in [0.717, 1.165) is 17.5 Å². The summed E-state index contributed by atoms with van der Waals surface area (Å²) in [5, 5.41) is 19.1. The van der Waals surface area contributed by atoms with Gasteiger partial charge in [-0.1, -0.05) is 31.2 Å². The van der Waals surface area contributed by atoms with Gasteiger partial charge in [0.1, 0.15) is 0 Å². The summed E-state index contributed by atoms with van der Waals surface area (Å²) in [7, 11) is 0. The van der Waals surface area contributed by atoms with E-state index < -0.39 is 0 Å².